The highest BCUT2D eigenvalue weighted by atomic mass is 32.1. The van der Waals surface area contributed by atoms with Gasteiger partial charge in [0, 0.05) is 49.0 Å². The maximum atomic E-state index is 12.6. The first-order chi connectivity index (χ1) is 15.7. The minimum absolute atomic E-state index is 0.106. The Kier molecular flexibility index (Phi) is 6.07. The fourth-order valence-electron chi connectivity index (χ4n) is 4.00. The van der Waals surface area contributed by atoms with Crippen LogP contribution in [0.1, 0.15) is 11.5 Å². The fraction of sp³-hybridized carbons (Fsp3) is 0.333. The van der Waals surface area contributed by atoms with Crippen molar-refractivity contribution in [1.29, 1.82) is 0 Å². The smallest absolute Gasteiger partial charge is 0.236 e. The minimum atomic E-state index is -0.106. The maximum Gasteiger partial charge on any atom is 0.236 e. The first kappa shape index (κ1) is 20.9. The highest BCUT2D eigenvalue weighted by Crippen LogP contribution is 2.26. The van der Waals surface area contributed by atoms with E-state index in [1.807, 2.05) is 36.6 Å². The summed E-state index contributed by atoms with van der Waals surface area (Å²) in [6.45, 7) is 7.42. The molecule has 4 aromatic rings. The standard InChI is InChI=1S/C24H26N4O3S/c1-17-20(26-24(31-17)22-3-2-14-32-22)16-23(29)25-19-4-5-21-18(15-19)6-7-28(21)9-8-27-10-12-30-13-11-27/h2-7,14-15H,8-13,16H2,1H3,(H,25,29). The lowest BCUT2D eigenvalue weighted by Crippen LogP contribution is -2.38. The molecule has 1 aliphatic heterocycles. The number of oxazole rings is 1. The lowest BCUT2D eigenvalue weighted by Gasteiger charge is -2.26. The van der Waals surface area contributed by atoms with Gasteiger partial charge in [-0.15, -0.1) is 11.3 Å². The van der Waals surface area contributed by atoms with Crippen molar-refractivity contribution >= 4 is 33.8 Å². The predicted molar refractivity (Wildman–Crippen MR) is 126 cm³/mol. The third-order valence-corrected chi connectivity index (χ3v) is 6.63. The average Bonchev–Trinajstić information content (AvgIpc) is 3.54. The van der Waals surface area contributed by atoms with E-state index in [9.17, 15) is 4.79 Å². The number of amides is 1. The molecule has 0 aliphatic carbocycles. The summed E-state index contributed by atoms with van der Waals surface area (Å²) >= 11 is 1.57. The lowest BCUT2D eigenvalue weighted by atomic mass is 10.2. The number of nitrogens with zero attached hydrogens (tertiary/aromatic N) is 3. The summed E-state index contributed by atoms with van der Waals surface area (Å²) in [5.41, 5.74) is 2.62. The van der Waals surface area contributed by atoms with Gasteiger partial charge in [0.15, 0.2) is 0 Å². The van der Waals surface area contributed by atoms with Gasteiger partial charge >= 0.3 is 0 Å². The Labute approximate surface area is 190 Å². The number of aromatic nitrogens is 2. The molecule has 0 bridgehead atoms. The molecule has 1 aliphatic rings. The first-order valence-electron chi connectivity index (χ1n) is 10.8. The molecule has 166 valence electrons. The highest BCUT2D eigenvalue weighted by Gasteiger charge is 2.16. The summed E-state index contributed by atoms with van der Waals surface area (Å²) in [5.74, 6) is 1.14. The number of hydrogen-bond acceptors (Lipinski definition) is 6. The molecule has 1 fully saturated rings. The number of nitrogens with one attached hydrogen (secondary N) is 1. The first-order valence-corrected chi connectivity index (χ1v) is 11.7. The summed E-state index contributed by atoms with van der Waals surface area (Å²) in [6, 6.07) is 12.1. The number of benzene rings is 1. The van der Waals surface area contributed by atoms with Gasteiger partial charge in [0.05, 0.1) is 30.2 Å². The Bertz CT molecular complexity index is 1210. The van der Waals surface area contributed by atoms with Crippen molar-refractivity contribution in [2.24, 2.45) is 0 Å². The van der Waals surface area contributed by atoms with Crippen LogP contribution in [0.2, 0.25) is 0 Å². The molecule has 1 saturated heterocycles. The molecule has 4 heterocycles. The zero-order valence-corrected chi connectivity index (χ0v) is 18.9. The molecule has 7 nitrogen and oxygen atoms in total. The van der Waals surface area contributed by atoms with Gasteiger partial charge in [-0.1, -0.05) is 6.07 Å². The van der Waals surface area contributed by atoms with Crippen LogP contribution < -0.4 is 5.32 Å². The number of carbonyl (C=O) groups excluding carboxylic acids is 1. The van der Waals surface area contributed by atoms with Crippen LogP contribution in [0.25, 0.3) is 21.7 Å². The number of ether oxygens (including phenoxy) is 1. The van der Waals surface area contributed by atoms with E-state index in [-0.39, 0.29) is 12.3 Å². The second kappa shape index (κ2) is 9.28. The van der Waals surface area contributed by atoms with Gasteiger partial charge in [0.25, 0.3) is 0 Å². The Morgan fingerprint density at radius 2 is 2.06 bits per heavy atom. The molecule has 0 radical (unpaired) electrons. The van der Waals surface area contributed by atoms with E-state index < -0.39 is 0 Å². The van der Waals surface area contributed by atoms with Crippen molar-refractivity contribution in [2.45, 2.75) is 19.9 Å². The van der Waals surface area contributed by atoms with Gasteiger partial charge in [0.2, 0.25) is 11.8 Å². The van der Waals surface area contributed by atoms with Gasteiger partial charge in [-0.3, -0.25) is 9.69 Å². The van der Waals surface area contributed by atoms with E-state index in [0.29, 0.717) is 17.3 Å². The van der Waals surface area contributed by atoms with E-state index in [1.165, 1.54) is 5.52 Å². The summed E-state index contributed by atoms with van der Waals surface area (Å²) < 4.78 is 13.4. The molecular weight excluding hydrogens is 424 g/mol. The highest BCUT2D eigenvalue weighted by molar-refractivity contribution is 7.13. The fourth-order valence-corrected chi connectivity index (χ4v) is 4.65. The Morgan fingerprint density at radius 3 is 2.88 bits per heavy atom. The zero-order valence-electron chi connectivity index (χ0n) is 18.0. The SMILES string of the molecule is Cc1oc(-c2cccs2)nc1CC(=O)Nc1ccc2c(ccn2CCN2CCOCC2)c1. The molecule has 1 amide bonds. The van der Waals surface area contributed by atoms with Gasteiger partial charge in [-0.25, -0.2) is 4.98 Å². The number of anilines is 1. The van der Waals surface area contributed by atoms with Crippen LogP contribution in [-0.2, 0) is 22.5 Å². The quantitative estimate of drug-likeness (QED) is 0.457. The van der Waals surface area contributed by atoms with E-state index in [0.717, 1.165) is 55.3 Å². The molecule has 8 heteroatoms. The third kappa shape index (κ3) is 4.62. The Morgan fingerprint density at radius 1 is 1.19 bits per heavy atom. The molecule has 3 aromatic heterocycles. The lowest BCUT2D eigenvalue weighted by molar-refractivity contribution is -0.115. The van der Waals surface area contributed by atoms with Crippen molar-refractivity contribution in [3.63, 3.8) is 0 Å². The van der Waals surface area contributed by atoms with Crippen LogP contribution >= 0.6 is 11.3 Å². The Hall–Kier alpha value is -2.94. The molecule has 1 N–H and O–H groups in total. The minimum Gasteiger partial charge on any atom is -0.440 e. The number of hydrogen-bond donors (Lipinski definition) is 1. The second-order valence-electron chi connectivity index (χ2n) is 7.96. The van der Waals surface area contributed by atoms with Gasteiger partial charge in [0.1, 0.15) is 5.76 Å². The predicted octanol–water partition coefficient (Wildman–Crippen LogP) is 4.18. The number of fused-ring (bicyclic) bond motifs is 1. The van der Waals surface area contributed by atoms with Gasteiger partial charge < -0.3 is 19.0 Å². The van der Waals surface area contributed by atoms with Gasteiger partial charge in [-0.2, -0.15) is 0 Å². The summed E-state index contributed by atoms with van der Waals surface area (Å²) in [5, 5.41) is 6.09. The molecular formula is C24H26N4O3S. The largest absolute Gasteiger partial charge is 0.440 e. The van der Waals surface area contributed by atoms with Crippen LogP contribution in [-0.4, -0.2) is 53.2 Å². The van der Waals surface area contributed by atoms with Crippen molar-refractivity contribution < 1.29 is 13.9 Å². The monoisotopic (exact) mass is 450 g/mol. The van der Waals surface area contributed by atoms with E-state index >= 15 is 0 Å². The zero-order chi connectivity index (χ0) is 21.9. The van der Waals surface area contributed by atoms with Crippen LogP contribution in [0, 0.1) is 6.92 Å². The molecule has 0 unspecified atom stereocenters. The summed E-state index contributed by atoms with van der Waals surface area (Å²) in [7, 11) is 0. The molecule has 1 aromatic carbocycles. The number of thiophene rings is 1. The van der Waals surface area contributed by atoms with Crippen LogP contribution in [0.4, 0.5) is 5.69 Å². The van der Waals surface area contributed by atoms with Crippen molar-refractivity contribution in [2.75, 3.05) is 38.2 Å². The van der Waals surface area contributed by atoms with Crippen LogP contribution in [0.3, 0.4) is 0 Å². The summed E-state index contributed by atoms with van der Waals surface area (Å²) in [6.07, 6.45) is 2.29. The number of rotatable bonds is 7. The molecule has 32 heavy (non-hydrogen) atoms. The number of morpholine rings is 1. The Balaban J connectivity index is 1.22. The number of aryl methyl sites for hydroxylation is 1. The second-order valence-corrected chi connectivity index (χ2v) is 8.91. The van der Waals surface area contributed by atoms with E-state index in [2.05, 4.69) is 38.1 Å². The van der Waals surface area contributed by atoms with Crippen molar-refractivity contribution in [1.82, 2.24) is 14.5 Å². The van der Waals surface area contributed by atoms with E-state index in [1.54, 1.807) is 11.3 Å². The molecule has 0 atom stereocenters. The van der Waals surface area contributed by atoms with Crippen molar-refractivity contribution in [3.05, 3.63) is 59.4 Å². The maximum absolute atomic E-state index is 12.6. The average molecular weight is 451 g/mol. The number of carbonyl (C=O) groups is 1. The van der Waals surface area contributed by atoms with Crippen LogP contribution in [0.5, 0.6) is 0 Å². The van der Waals surface area contributed by atoms with Gasteiger partial charge in [-0.05, 0) is 42.6 Å². The van der Waals surface area contributed by atoms with Crippen LogP contribution in [0.15, 0.2) is 52.4 Å². The molecule has 0 saturated carbocycles. The molecule has 0 spiro atoms. The summed E-state index contributed by atoms with van der Waals surface area (Å²) in [4.78, 5) is 20.5. The van der Waals surface area contributed by atoms with Crippen molar-refractivity contribution in [3.8, 4) is 10.8 Å². The normalized spacial score (nSPS) is 14.8. The van der Waals surface area contributed by atoms with E-state index in [4.69, 9.17) is 9.15 Å². The topological polar surface area (TPSA) is 72.5 Å². The third-order valence-electron chi connectivity index (χ3n) is 5.77. The molecule has 5 rings (SSSR count).